The minimum atomic E-state index is -0.228. The molecule has 0 saturated carbocycles. The molecule has 2 amide bonds. The summed E-state index contributed by atoms with van der Waals surface area (Å²) in [4.78, 5) is 18.5. The minimum absolute atomic E-state index is 0.228. The zero-order valence-electron chi connectivity index (χ0n) is 13.3. The molecule has 122 valence electrons. The molecule has 0 aliphatic carbocycles. The first kappa shape index (κ1) is 17.3. The van der Waals surface area contributed by atoms with Gasteiger partial charge in [0.25, 0.3) is 0 Å². The number of nitrogens with one attached hydrogen (secondary N) is 2. The van der Waals surface area contributed by atoms with Crippen LogP contribution in [-0.4, -0.2) is 24.1 Å². The highest BCUT2D eigenvalue weighted by Gasteiger charge is 2.06. The van der Waals surface area contributed by atoms with Crippen LogP contribution in [0.1, 0.15) is 19.4 Å². The Morgan fingerprint density at radius 1 is 1.17 bits per heavy atom. The van der Waals surface area contributed by atoms with Gasteiger partial charge in [0.2, 0.25) is 0 Å². The quantitative estimate of drug-likeness (QED) is 0.800. The van der Waals surface area contributed by atoms with E-state index in [1.807, 2.05) is 36.4 Å². The Morgan fingerprint density at radius 2 is 1.87 bits per heavy atom. The van der Waals surface area contributed by atoms with E-state index in [9.17, 15) is 4.79 Å². The van der Waals surface area contributed by atoms with Crippen LogP contribution in [0.3, 0.4) is 0 Å². The fraction of sp³-hybridized carbons (Fsp3) is 0.294. The summed E-state index contributed by atoms with van der Waals surface area (Å²) in [5, 5.41) is 5.66. The smallest absolute Gasteiger partial charge is 0.319 e. The van der Waals surface area contributed by atoms with Gasteiger partial charge in [-0.3, -0.25) is 0 Å². The number of carbonyl (C=O) groups is 1. The zero-order valence-corrected chi connectivity index (χ0v) is 14.9. The van der Waals surface area contributed by atoms with Gasteiger partial charge < -0.3 is 15.5 Å². The van der Waals surface area contributed by atoms with Crippen LogP contribution < -0.4 is 15.5 Å². The summed E-state index contributed by atoms with van der Waals surface area (Å²) in [5.74, 6) is 0.933. The van der Waals surface area contributed by atoms with Gasteiger partial charge in [0.1, 0.15) is 5.82 Å². The molecule has 0 atom stereocenters. The summed E-state index contributed by atoms with van der Waals surface area (Å²) in [6.45, 7) is 6.47. The average Bonchev–Trinajstić information content (AvgIpc) is 2.57. The van der Waals surface area contributed by atoms with E-state index in [0.29, 0.717) is 6.54 Å². The topological polar surface area (TPSA) is 57.3 Å². The fourth-order valence-corrected chi connectivity index (χ4v) is 2.45. The average molecular weight is 377 g/mol. The van der Waals surface area contributed by atoms with E-state index in [2.05, 4.69) is 50.3 Å². The molecule has 0 saturated heterocycles. The van der Waals surface area contributed by atoms with Crippen molar-refractivity contribution in [3.05, 3.63) is 52.6 Å². The molecule has 2 N–H and O–H groups in total. The Kier molecular flexibility index (Phi) is 6.40. The van der Waals surface area contributed by atoms with Crippen LogP contribution in [-0.2, 0) is 6.54 Å². The molecule has 23 heavy (non-hydrogen) atoms. The minimum Gasteiger partial charge on any atom is -0.357 e. The highest BCUT2D eigenvalue weighted by molar-refractivity contribution is 9.10. The highest BCUT2D eigenvalue weighted by atomic mass is 79.9. The molecule has 0 aliphatic heterocycles. The third-order valence-corrected chi connectivity index (χ3v) is 3.98. The maximum absolute atomic E-state index is 11.9. The van der Waals surface area contributed by atoms with Crippen LogP contribution in [0.5, 0.6) is 0 Å². The van der Waals surface area contributed by atoms with Gasteiger partial charge in [0.05, 0.1) is 0 Å². The Morgan fingerprint density at radius 3 is 2.52 bits per heavy atom. The second-order valence-electron chi connectivity index (χ2n) is 5.01. The number of amides is 2. The molecule has 2 aromatic rings. The Balaban J connectivity index is 1.91. The van der Waals surface area contributed by atoms with Gasteiger partial charge in [0, 0.05) is 36.0 Å². The number of nitrogens with zero attached hydrogens (tertiary/aromatic N) is 2. The Labute approximate surface area is 145 Å². The maximum atomic E-state index is 11.9. The Hall–Kier alpha value is -2.08. The first-order chi connectivity index (χ1) is 11.1. The van der Waals surface area contributed by atoms with Crippen molar-refractivity contribution >= 4 is 33.5 Å². The van der Waals surface area contributed by atoms with Crippen LogP contribution in [0.4, 0.5) is 16.3 Å². The van der Waals surface area contributed by atoms with Crippen molar-refractivity contribution in [1.82, 2.24) is 10.3 Å². The molecular formula is C17H21BrN4O. The van der Waals surface area contributed by atoms with Crippen molar-refractivity contribution in [2.75, 3.05) is 23.3 Å². The highest BCUT2D eigenvalue weighted by Crippen LogP contribution is 2.14. The van der Waals surface area contributed by atoms with Crippen molar-refractivity contribution in [2.45, 2.75) is 20.4 Å². The molecule has 1 heterocycles. The van der Waals surface area contributed by atoms with Gasteiger partial charge in [-0.05, 0) is 55.8 Å². The van der Waals surface area contributed by atoms with Gasteiger partial charge in [-0.2, -0.15) is 0 Å². The molecule has 0 radical (unpaired) electrons. The van der Waals surface area contributed by atoms with Gasteiger partial charge >= 0.3 is 6.03 Å². The zero-order chi connectivity index (χ0) is 16.7. The number of rotatable bonds is 6. The SMILES string of the molecule is CCN(CC)c1cc(CNC(=O)Nc2ccc(Br)cc2)ccn1. The standard InChI is InChI=1S/C17H21BrN4O/c1-3-22(4-2)16-11-13(9-10-19-16)12-20-17(23)21-15-7-5-14(18)6-8-15/h5-11H,3-4,12H2,1-2H3,(H2,20,21,23). The van der Waals surface area contributed by atoms with Crippen molar-refractivity contribution < 1.29 is 4.79 Å². The third kappa shape index (κ3) is 5.25. The van der Waals surface area contributed by atoms with Gasteiger partial charge in [0.15, 0.2) is 0 Å². The van der Waals surface area contributed by atoms with E-state index >= 15 is 0 Å². The number of anilines is 2. The summed E-state index contributed by atoms with van der Waals surface area (Å²) in [6.07, 6.45) is 1.78. The number of carbonyl (C=O) groups excluding carboxylic acids is 1. The number of aromatic nitrogens is 1. The summed E-state index contributed by atoms with van der Waals surface area (Å²) in [7, 11) is 0. The molecule has 0 aliphatic rings. The van der Waals surface area contributed by atoms with Crippen molar-refractivity contribution in [2.24, 2.45) is 0 Å². The van der Waals surface area contributed by atoms with Crippen molar-refractivity contribution in [3.8, 4) is 0 Å². The predicted molar refractivity (Wildman–Crippen MR) is 97.8 cm³/mol. The summed E-state index contributed by atoms with van der Waals surface area (Å²) < 4.78 is 0.976. The molecule has 1 aromatic carbocycles. The maximum Gasteiger partial charge on any atom is 0.319 e. The third-order valence-electron chi connectivity index (χ3n) is 3.45. The molecule has 0 bridgehead atoms. The van der Waals surface area contributed by atoms with E-state index < -0.39 is 0 Å². The van der Waals surface area contributed by atoms with E-state index in [1.165, 1.54) is 0 Å². The van der Waals surface area contributed by atoms with Gasteiger partial charge in [-0.1, -0.05) is 15.9 Å². The molecule has 0 unspecified atom stereocenters. The summed E-state index contributed by atoms with van der Waals surface area (Å²) in [6, 6.07) is 11.1. The largest absolute Gasteiger partial charge is 0.357 e. The number of hydrogen-bond donors (Lipinski definition) is 2. The van der Waals surface area contributed by atoms with Crippen LogP contribution in [0.15, 0.2) is 47.1 Å². The van der Waals surface area contributed by atoms with Crippen LogP contribution >= 0.6 is 15.9 Å². The van der Waals surface area contributed by atoms with Gasteiger partial charge in [-0.15, -0.1) is 0 Å². The van der Waals surface area contributed by atoms with Crippen LogP contribution in [0.2, 0.25) is 0 Å². The first-order valence-electron chi connectivity index (χ1n) is 7.62. The lowest BCUT2D eigenvalue weighted by Gasteiger charge is -2.20. The number of benzene rings is 1. The van der Waals surface area contributed by atoms with Crippen LogP contribution in [0, 0.1) is 0 Å². The second kappa shape index (κ2) is 8.53. The lowest BCUT2D eigenvalue weighted by molar-refractivity contribution is 0.251. The molecule has 1 aromatic heterocycles. The van der Waals surface area contributed by atoms with Crippen LogP contribution in [0.25, 0.3) is 0 Å². The Bertz CT molecular complexity index is 641. The number of hydrogen-bond acceptors (Lipinski definition) is 3. The molecule has 0 spiro atoms. The second-order valence-corrected chi connectivity index (χ2v) is 5.92. The van der Waals surface area contributed by atoms with Crippen molar-refractivity contribution in [1.29, 1.82) is 0 Å². The monoisotopic (exact) mass is 376 g/mol. The number of urea groups is 1. The molecule has 0 fully saturated rings. The molecular weight excluding hydrogens is 356 g/mol. The number of pyridine rings is 1. The lowest BCUT2D eigenvalue weighted by atomic mass is 10.2. The summed E-state index contributed by atoms with van der Waals surface area (Å²) in [5.41, 5.74) is 1.78. The van der Waals surface area contributed by atoms with E-state index in [1.54, 1.807) is 6.20 Å². The number of halogens is 1. The van der Waals surface area contributed by atoms with Gasteiger partial charge in [-0.25, -0.2) is 9.78 Å². The predicted octanol–water partition coefficient (Wildman–Crippen LogP) is 4.01. The fourth-order valence-electron chi connectivity index (χ4n) is 2.18. The van der Waals surface area contributed by atoms with E-state index in [0.717, 1.165) is 34.6 Å². The van der Waals surface area contributed by atoms with E-state index in [4.69, 9.17) is 0 Å². The first-order valence-corrected chi connectivity index (χ1v) is 8.42. The lowest BCUT2D eigenvalue weighted by Crippen LogP contribution is -2.28. The summed E-state index contributed by atoms with van der Waals surface area (Å²) >= 11 is 3.36. The molecule has 2 rings (SSSR count). The molecule has 5 nitrogen and oxygen atoms in total. The molecule has 6 heteroatoms. The van der Waals surface area contributed by atoms with Crippen molar-refractivity contribution in [3.63, 3.8) is 0 Å². The van der Waals surface area contributed by atoms with E-state index in [-0.39, 0.29) is 6.03 Å². The normalized spacial score (nSPS) is 10.2.